The Hall–Kier alpha value is -6.55. The quantitative estimate of drug-likeness (QED) is 0.149. The van der Waals surface area contributed by atoms with Crippen LogP contribution in [-0.2, 0) is 35.6 Å². The summed E-state index contributed by atoms with van der Waals surface area (Å²) in [5, 5.41) is 2.12. The minimum absolute atomic E-state index is 0.0895. The molecule has 0 atom stereocenters. The van der Waals surface area contributed by atoms with Crippen LogP contribution in [0.5, 0.6) is 11.5 Å². The van der Waals surface area contributed by atoms with Gasteiger partial charge in [0.2, 0.25) is 0 Å². The molecule has 0 amide bonds. The predicted octanol–water partition coefficient (Wildman–Crippen LogP) is 16.5. The predicted molar refractivity (Wildman–Crippen MR) is 286 cm³/mol. The van der Waals surface area contributed by atoms with Gasteiger partial charge in [0, 0.05) is 6.20 Å². The maximum absolute atomic E-state index is 9.34. The van der Waals surface area contributed by atoms with E-state index in [9.17, 15) is 5.48 Å². The van der Waals surface area contributed by atoms with Gasteiger partial charge < -0.3 is 0 Å². The van der Waals surface area contributed by atoms with E-state index >= 15 is 0 Å². The molecule has 7 aromatic carbocycles. The Morgan fingerprint density at radius 3 is 1.86 bits per heavy atom. The van der Waals surface area contributed by atoms with Crippen LogP contribution in [-0.4, -0.2) is 18.7 Å². The van der Waals surface area contributed by atoms with Gasteiger partial charge in [-0.05, 0) is 38.9 Å². The first-order valence-electron chi connectivity index (χ1n) is 28.7. The van der Waals surface area contributed by atoms with Crippen molar-refractivity contribution in [1.29, 1.82) is 0 Å². The zero-order valence-electron chi connectivity index (χ0n) is 51.6. The van der Waals surface area contributed by atoms with E-state index in [1.807, 2.05) is 84.6 Å². The summed E-state index contributed by atoms with van der Waals surface area (Å²) in [6.45, 7) is 26.3. The minimum atomic E-state index is -0.558. The van der Waals surface area contributed by atoms with Crippen molar-refractivity contribution in [2.45, 2.75) is 99.3 Å². The zero-order chi connectivity index (χ0) is 57.9. The number of aromatic nitrogens is 4. The van der Waals surface area contributed by atoms with E-state index in [0.29, 0.717) is 48.7 Å². The van der Waals surface area contributed by atoms with E-state index in [1.165, 1.54) is 11.1 Å². The number of imidazole rings is 1. The second-order valence-electron chi connectivity index (χ2n) is 21.2. The summed E-state index contributed by atoms with van der Waals surface area (Å²) in [7, 11) is 0. The molecule has 0 fully saturated rings. The number of rotatable bonds is 7. The molecule has 0 unspecified atom stereocenters. The Balaban J connectivity index is 1.15. The van der Waals surface area contributed by atoms with Crippen LogP contribution in [0.25, 0.3) is 72.3 Å². The first kappa shape index (κ1) is 35.5. The summed E-state index contributed by atoms with van der Waals surface area (Å²) in [5.41, 5.74) is 9.37. The first-order chi connectivity index (χ1) is 37.5. The van der Waals surface area contributed by atoms with Crippen LogP contribution in [0.1, 0.15) is 109 Å². The molecular weight excluding hydrogens is 1040 g/mol. The average molecular weight is 1110 g/mol. The molecule has 70 heavy (non-hydrogen) atoms. The van der Waals surface area contributed by atoms with Crippen LogP contribution in [0.2, 0.25) is 0 Å². The van der Waals surface area contributed by atoms with E-state index < -0.39 is 60.4 Å². The van der Waals surface area contributed by atoms with Crippen LogP contribution in [0.15, 0.2) is 145 Å². The summed E-state index contributed by atoms with van der Waals surface area (Å²) in [6, 6.07) is 28.3. The molecule has 0 saturated carbocycles. The molecule has 1 aliphatic rings. The molecule has 0 bridgehead atoms. The fraction of sp³-hybridized carbons (Fsp3) is 0.250. The Morgan fingerprint density at radius 2 is 1.23 bits per heavy atom. The second kappa shape index (κ2) is 16.3. The van der Waals surface area contributed by atoms with Crippen molar-refractivity contribution in [3.8, 4) is 50.9 Å². The number of nitrogens with zero attached hydrogens (tertiary/aromatic N) is 4. The van der Waals surface area contributed by atoms with Gasteiger partial charge >= 0.3 is 326 Å². The van der Waals surface area contributed by atoms with Crippen molar-refractivity contribution in [2.75, 3.05) is 0 Å². The average Bonchev–Trinajstić information content (AvgIpc) is 4.16. The van der Waals surface area contributed by atoms with Crippen molar-refractivity contribution < 1.29 is 37.8 Å². The van der Waals surface area contributed by atoms with E-state index in [4.69, 9.17) is 17.9 Å². The standard InChI is InChI=1S/C64H60N4O.Pt/c1-40-41(2)56(43-22-15-13-16-23-43)60(57(42(40)3)44-24-17-14-18-25-44)67-39-66(52-28-19-20-29-53(52)67)46-26-21-27-47(37-46)69-48-30-31-49-50-32-33-51-58(63(9,10)64(11,12)62(51,7)8)59(50)68(54(49)38-48)55-36-45(34-35-65-55)61(4,5)6;/h13-36H,1-12H3;/q-2;/i13D,14D,15D,16D,17D,18D,22D,23D,24D,25D;. The van der Waals surface area contributed by atoms with Crippen LogP contribution >= 0.6 is 0 Å². The van der Waals surface area contributed by atoms with Crippen LogP contribution in [0, 0.1) is 42.1 Å². The van der Waals surface area contributed by atoms with Gasteiger partial charge in [0.15, 0.2) is 0 Å². The number of pyridine rings is 1. The molecule has 354 valence electrons. The summed E-state index contributed by atoms with van der Waals surface area (Å²) < 4.78 is 103. The van der Waals surface area contributed by atoms with Crippen LogP contribution < -0.4 is 4.74 Å². The number of para-hydroxylation sites is 2. The molecule has 0 aliphatic heterocycles. The number of hydrogen-bond acceptors (Lipinski definition) is 2. The van der Waals surface area contributed by atoms with Gasteiger partial charge in [-0.3, -0.25) is 0 Å². The first-order valence-corrected chi connectivity index (χ1v) is 24.8. The summed E-state index contributed by atoms with van der Waals surface area (Å²) in [4.78, 5) is 5.06. The van der Waals surface area contributed by atoms with E-state index in [1.54, 1.807) is 0 Å². The third kappa shape index (κ3) is 6.75. The number of hydrogen-bond donors (Lipinski definition) is 0. The number of benzene rings is 7. The Labute approximate surface area is 437 Å². The molecule has 5 nitrogen and oxygen atoms in total. The second-order valence-corrected chi connectivity index (χ2v) is 22.2. The Kier molecular flexibility index (Phi) is 8.25. The summed E-state index contributed by atoms with van der Waals surface area (Å²) in [5.74, 6) is 1.64. The number of ether oxygens (including phenoxy) is 1. The molecule has 10 aromatic rings. The Morgan fingerprint density at radius 1 is 0.629 bits per heavy atom. The molecular formula is C64H60N4OPt-2. The van der Waals surface area contributed by atoms with Crippen molar-refractivity contribution in [2.24, 2.45) is 5.41 Å². The van der Waals surface area contributed by atoms with Crippen LogP contribution in [0.4, 0.5) is 0 Å². The third-order valence-electron chi connectivity index (χ3n) is 16.1. The fourth-order valence-electron chi connectivity index (χ4n) is 10.9. The molecule has 0 spiro atoms. The van der Waals surface area contributed by atoms with Gasteiger partial charge in [0.05, 0.1) is 0 Å². The van der Waals surface area contributed by atoms with Crippen molar-refractivity contribution in [3.05, 3.63) is 195 Å². The Bertz CT molecular complexity index is 4270. The topological polar surface area (TPSA) is 36.9 Å². The van der Waals surface area contributed by atoms with Gasteiger partial charge in [0.1, 0.15) is 0 Å². The van der Waals surface area contributed by atoms with Gasteiger partial charge in [-0.2, -0.15) is 0 Å². The van der Waals surface area contributed by atoms with Crippen molar-refractivity contribution in [3.63, 3.8) is 0 Å². The normalized spacial score (nSPS) is 17.0. The molecule has 3 aromatic heterocycles. The van der Waals surface area contributed by atoms with E-state index in [0.717, 1.165) is 33.2 Å². The van der Waals surface area contributed by atoms with Gasteiger partial charge in [-0.25, -0.2) is 0 Å². The van der Waals surface area contributed by atoms with Crippen molar-refractivity contribution >= 4 is 32.8 Å². The fourth-order valence-corrected chi connectivity index (χ4v) is 12.0. The van der Waals surface area contributed by atoms with Gasteiger partial charge in [-0.15, -0.1) is 0 Å². The van der Waals surface area contributed by atoms with Crippen molar-refractivity contribution in [1.82, 2.24) is 18.7 Å². The van der Waals surface area contributed by atoms with E-state index in [2.05, 4.69) is 129 Å². The molecule has 0 N–H and O–H groups in total. The molecule has 11 rings (SSSR count). The molecule has 3 heterocycles. The van der Waals surface area contributed by atoms with E-state index in [-0.39, 0.29) is 49.6 Å². The van der Waals surface area contributed by atoms with Crippen LogP contribution in [0.3, 0.4) is 0 Å². The molecule has 1 aliphatic carbocycles. The monoisotopic (exact) mass is 1110 g/mol. The molecule has 6 heteroatoms. The van der Waals surface area contributed by atoms with Gasteiger partial charge in [0.25, 0.3) is 0 Å². The third-order valence-corrected chi connectivity index (χ3v) is 17.1. The molecule has 0 radical (unpaired) electrons. The van der Waals surface area contributed by atoms with Gasteiger partial charge in [-0.1, -0.05) is 68.4 Å². The SMILES string of the molecule is [2H]c1c([2H])c([2H])c(-c2c(C)c(C)c(C)c(-c3c([2H])c([2H])c([2H])c([2H])c3[2H])c2-n2[c](=[Pt])n(-c3[c-]c(Oc4[c-]c5c(cc4)c4ccc6c(c4n5-c4cc(C(C)(C)C)ccn4)C(C)(C)C(C)(C)C6(C)C)ccc3)c3ccccc32)c([2H])c1[2H]. The zero-order valence-corrected chi connectivity index (χ0v) is 43.9. The number of fused-ring (bicyclic) bond motifs is 6. The molecule has 0 saturated heterocycles. The summed E-state index contributed by atoms with van der Waals surface area (Å²) >= 11 is 2.19. The maximum atomic E-state index is 9.34. The summed E-state index contributed by atoms with van der Waals surface area (Å²) in [6.07, 6.45) is 1.89.